The monoisotopic (exact) mass is 290 g/mol. The molecule has 2 rings (SSSR count). The van der Waals surface area contributed by atoms with Gasteiger partial charge in [0.15, 0.2) is 6.23 Å². The molecule has 0 aromatic carbocycles. The van der Waals surface area contributed by atoms with Crippen molar-refractivity contribution in [1.82, 2.24) is 9.55 Å². The van der Waals surface area contributed by atoms with E-state index in [9.17, 15) is 19.1 Å². The van der Waals surface area contributed by atoms with Gasteiger partial charge in [-0.05, 0) is 0 Å². The van der Waals surface area contributed by atoms with E-state index in [1.165, 1.54) is 14.2 Å². The zero-order chi connectivity index (χ0) is 14.9. The van der Waals surface area contributed by atoms with Gasteiger partial charge in [-0.2, -0.15) is 4.39 Å². The molecule has 0 bridgehead atoms. The first-order valence-electron chi connectivity index (χ1n) is 5.86. The first-order valence-corrected chi connectivity index (χ1v) is 5.86. The predicted octanol–water partition coefficient (Wildman–Crippen LogP) is -1.40. The first-order chi connectivity index (χ1) is 9.53. The van der Waals surface area contributed by atoms with Crippen LogP contribution in [0.2, 0.25) is 0 Å². The summed E-state index contributed by atoms with van der Waals surface area (Å²) < 4.78 is 30.0. The fraction of sp³-hybridized carbons (Fsp3) is 0.636. The van der Waals surface area contributed by atoms with Gasteiger partial charge in [0, 0.05) is 14.2 Å². The van der Waals surface area contributed by atoms with Crippen LogP contribution in [0.25, 0.3) is 0 Å². The Morgan fingerprint density at radius 1 is 1.40 bits per heavy atom. The summed E-state index contributed by atoms with van der Waals surface area (Å²) in [5.74, 6) is -1.12. The van der Waals surface area contributed by atoms with Gasteiger partial charge in [-0.15, -0.1) is 0 Å². The van der Waals surface area contributed by atoms with E-state index in [1.807, 2.05) is 4.98 Å². The van der Waals surface area contributed by atoms with Crippen LogP contribution < -0.4 is 11.2 Å². The highest BCUT2D eigenvalue weighted by molar-refractivity contribution is 4.95. The lowest BCUT2D eigenvalue weighted by Crippen LogP contribution is -2.40. The third-order valence-electron chi connectivity index (χ3n) is 3.21. The van der Waals surface area contributed by atoms with Crippen molar-refractivity contribution in [3.8, 4) is 0 Å². The third kappa shape index (κ3) is 2.40. The molecule has 4 atom stereocenters. The molecule has 0 spiro atoms. The molecule has 1 aromatic heterocycles. The summed E-state index contributed by atoms with van der Waals surface area (Å²) in [4.78, 5) is 24.6. The second-order valence-corrected chi connectivity index (χ2v) is 4.29. The van der Waals surface area contributed by atoms with Gasteiger partial charge < -0.3 is 19.3 Å². The van der Waals surface area contributed by atoms with E-state index in [-0.39, 0.29) is 6.61 Å². The number of nitrogens with one attached hydrogen (secondary N) is 1. The molecule has 0 aliphatic carbocycles. The summed E-state index contributed by atoms with van der Waals surface area (Å²) in [6.45, 7) is -0.352. The normalized spacial score (nSPS) is 29.8. The maximum absolute atomic E-state index is 13.3. The standard InChI is InChI=1S/C11H15FN2O6/c1-18-7-6(4-15)20-10(8(7)19-2)14-3-5(12)9(16)13-11(14)17/h3,6-8,10,15H,4H2,1-2H3,(H,13,16,17)/t6-,7-,8-,10-/m1/s1. The Balaban J connectivity index is 2.44. The van der Waals surface area contributed by atoms with E-state index in [1.54, 1.807) is 0 Å². The minimum Gasteiger partial charge on any atom is -0.394 e. The molecule has 0 radical (unpaired) electrons. The Bertz CT molecular complexity index is 585. The molecule has 0 amide bonds. The van der Waals surface area contributed by atoms with Crippen LogP contribution in [0.15, 0.2) is 15.8 Å². The van der Waals surface area contributed by atoms with Gasteiger partial charge in [0.1, 0.15) is 18.3 Å². The highest BCUT2D eigenvalue weighted by Crippen LogP contribution is 2.31. The second kappa shape index (κ2) is 5.83. The van der Waals surface area contributed by atoms with E-state index >= 15 is 0 Å². The minimum atomic E-state index is -1.12. The van der Waals surface area contributed by atoms with Gasteiger partial charge in [-0.25, -0.2) is 4.79 Å². The van der Waals surface area contributed by atoms with Gasteiger partial charge in [0.25, 0.3) is 5.56 Å². The fourth-order valence-electron chi connectivity index (χ4n) is 2.26. The maximum atomic E-state index is 13.3. The first kappa shape index (κ1) is 14.9. The Morgan fingerprint density at radius 3 is 2.60 bits per heavy atom. The Kier molecular flexibility index (Phi) is 4.33. The molecule has 2 N–H and O–H groups in total. The lowest BCUT2D eigenvalue weighted by Gasteiger charge is -2.21. The van der Waals surface area contributed by atoms with Crippen molar-refractivity contribution >= 4 is 0 Å². The van der Waals surface area contributed by atoms with Crippen LogP contribution in [0.4, 0.5) is 4.39 Å². The summed E-state index contributed by atoms with van der Waals surface area (Å²) in [5.41, 5.74) is -1.95. The van der Waals surface area contributed by atoms with Gasteiger partial charge >= 0.3 is 5.69 Å². The molecule has 0 saturated carbocycles. The number of methoxy groups -OCH3 is 2. The van der Waals surface area contributed by atoms with Gasteiger partial charge in [0.2, 0.25) is 5.82 Å². The van der Waals surface area contributed by atoms with Crippen LogP contribution in [0, 0.1) is 5.82 Å². The average molecular weight is 290 g/mol. The number of aromatic nitrogens is 2. The number of aliphatic hydroxyl groups is 1. The Morgan fingerprint density at radius 2 is 2.05 bits per heavy atom. The highest BCUT2D eigenvalue weighted by Gasteiger charge is 2.46. The van der Waals surface area contributed by atoms with E-state index in [0.29, 0.717) is 0 Å². The van der Waals surface area contributed by atoms with Gasteiger partial charge in [-0.3, -0.25) is 14.3 Å². The number of nitrogens with zero attached hydrogens (tertiary/aromatic N) is 1. The number of H-pyrrole nitrogens is 1. The van der Waals surface area contributed by atoms with Crippen LogP contribution in [0.3, 0.4) is 0 Å². The topological polar surface area (TPSA) is 103 Å². The summed E-state index contributed by atoms with van der Waals surface area (Å²) in [5, 5.41) is 9.23. The van der Waals surface area contributed by atoms with Crippen molar-refractivity contribution in [3.63, 3.8) is 0 Å². The van der Waals surface area contributed by atoms with Crippen LogP contribution >= 0.6 is 0 Å². The number of rotatable bonds is 4. The Hall–Kier alpha value is -1.55. The third-order valence-corrected chi connectivity index (χ3v) is 3.21. The van der Waals surface area contributed by atoms with Crippen molar-refractivity contribution < 1.29 is 23.7 Å². The summed E-state index contributed by atoms with van der Waals surface area (Å²) in [7, 11) is 2.78. The van der Waals surface area contributed by atoms with Crippen molar-refractivity contribution in [2.45, 2.75) is 24.5 Å². The number of halogens is 1. The highest BCUT2D eigenvalue weighted by atomic mass is 19.1. The van der Waals surface area contributed by atoms with E-state index in [0.717, 1.165) is 10.8 Å². The molecule has 1 aliphatic heterocycles. The molecule has 0 unspecified atom stereocenters. The molecule has 112 valence electrons. The second-order valence-electron chi connectivity index (χ2n) is 4.29. The Labute approximate surface area is 112 Å². The maximum Gasteiger partial charge on any atom is 0.330 e. The van der Waals surface area contributed by atoms with Crippen LogP contribution in [-0.4, -0.2) is 53.8 Å². The molecular formula is C11H15FN2O6. The van der Waals surface area contributed by atoms with Crippen molar-refractivity contribution in [2.75, 3.05) is 20.8 Å². The minimum absolute atomic E-state index is 0.352. The van der Waals surface area contributed by atoms with Crippen molar-refractivity contribution in [1.29, 1.82) is 0 Å². The summed E-state index contributed by atoms with van der Waals surface area (Å²) >= 11 is 0. The number of hydrogen-bond acceptors (Lipinski definition) is 6. The number of hydrogen-bond donors (Lipinski definition) is 2. The average Bonchev–Trinajstić information content (AvgIpc) is 2.80. The van der Waals surface area contributed by atoms with Crippen LogP contribution in [0.1, 0.15) is 6.23 Å². The van der Waals surface area contributed by atoms with E-state index < -0.39 is 41.6 Å². The zero-order valence-corrected chi connectivity index (χ0v) is 10.9. The summed E-state index contributed by atoms with van der Waals surface area (Å²) in [6.07, 6.45) is -2.36. The molecular weight excluding hydrogens is 275 g/mol. The van der Waals surface area contributed by atoms with Gasteiger partial charge in [-0.1, -0.05) is 0 Å². The fourth-order valence-corrected chi connectivity index (χ4v) is 2.26. The van der Waals surface area contributed by atoms with E-state index in [2.05, 4.69) is 0 Å². The van der Waals surface area contributed by atoms with Crippen LogP contribution in [-0.2, 0) is 14.2 Å². The zero-order valence-electron chi connectivity index (χ0n) is 10.9. The summed E-state index contributed by atoms with van der Waals surface area (Å²) in [6, 6.07) is 0. The molecule has 1 fully saturated rings. The van der Waals surface area contributed by atoms with Gasteiger partial charge in [0.05, 0.1) is 12.8 Å². The predicted molar refractivity (Wildman–Crippen MR) is 63.9 cm³/mol. The number of aliphatic hydroxyl groups excluding tert-OH is 1. The molecule has 1 saturated heterocycles. The number of ether oxygens (including phenoxy) is 3. The van der Waals surface area contributed by atoms with E-state index in [4.69, 9.17) is 14.2 Å². The lowest BCUT2D eigenvalue weighted by molar-refractivity contribution is -0.0629. The molecule has 20 heavy (non-hydrogen) atoms. The molecule has 8 nitrogen and oxygen atoms in total. The molecule has 2 heterocycles. The van der Waals surface area contributed by atoms with Crippen molar-refractivity contribution in [2.24, 2.45) is 0 Å². The molecule has 9 heteroatoms. The molecule has 1 aromatic rings. The SMILES string of the molecule is CO[C@@H]1[C@H](OC)[C@@H](CO)O[C@H]1n1cc(F)c(=O)[nH]c1=O. The van der Waals surface area contributed by atoms with Crippen LogP contribution in [0.5, 0.6) is 0 Å². The number of aromatic amines is 1. The molecule has 1 aliphatic rings. The van der Waals surface area contributed by atoms with Crippen molar-refractivity contribution in [3.05, 3.63) is 32.9 Å². The largest absolute Gasteiger partial charge is 0.394 e. The smallest absolute Gasteiger partial charge is 0.330 e. The lowest BCUT2D eigenvalue weighted by atomic mass is 10.1. The quantitative estimate of drug-likeness (QED) is 0.706.